The number of nitrogens with two attached hydrogens (primary N) is 1. The Hall–Kier alpha value is -2.45. The molecule has 1 heterocycles. The van der Waals surface area contributed by atoms with Crippen molar-refractivity contribution in [1.29, 1.82) is 0 Å². The van der Waals surface area contributed by atoms with E-state index in [2.05, 4.69) is 5.32 Å². The molecule has 3 atom stereocenters. The first-order valence-electron chi connectivity index (χ1n) is 11.2. The minimum atomic E-state index is -0.988. The maximum absolute atomic E-state index is 13.3. The lowest BCUT2D eigenvalue weighted by atomic mass is 10.0. The number of aliphatic carboxylic acids is 1. The van der Waals surface area contributed by atoms with Gasteiger partial charge in [-0.15, -0.1) is 0 Å². The average Bonchev–Trinajstić information content (AvgIpc) is 3.26. The summed E-state index contributed by atoms with van der Waals surface area (Å²) in [6.07, 6.45) is 4.19. The van der Waals surface area contributed by atoms with Crippen LogP contribution in [-0.2, 0) is 25.5 Å². The van der Waals surface area contributed by atoms with Crippen molar-refractivity contribution in [2.24, 2.45) is 5.73 Å². The number of esters is 1. The standard InChI is InChI=1S/C23H35N3O5/c1-2-31-23(30)19(14-13-17-9-4-3-5-10-17)25-18(11-6-7-15-24)21(27)26-16-8-12-20(26)22(28)29/h3-5,9-10,18-20,25H,2,6-8,11-16,24H2,1H3,(H,28,29)/t18-,19?,20-/m0/s1. The van der Waals surface area contributed by atoms with E-state index in [1.54, 1.807) is 6.92 Å². The van der Waals surface area contributed by atoms with E-state index in [-0.39, 0.29) is 12.5 Å². The van der Waals surface area contributed by atoms with E-state index in [9.17, 15) is 19.5 Å². The maximum atomic E-state index is 13.3. The Morgan fingerprint density at radius 3 is 2.58 bits per heavy atom. The van der Waals surface area contributed by atoms with E-state index in [4.69, 9.17) is 10.5 Å². The van der Waals surface area contributed by atoms with Crippen molar-refractivity contribution in [1.82, 2.24) is 10.2 Å². The molecular weight excluding hydrogens is 398 g/mol. The Labute approximate surface area is 184 Å². The predicted octanol–water partition coefficient (Wildman–Crippen LogP) is 1.71. The van der Waals surface area contributed by atoms with Crippen molar-refractivity contribution >= 4 is 17.8 Å². The molecule has 172 valence electrons. The summed E-state index contributed by atoms with van der Waals surface area (Å²) in [5, 5.41) is 12.7. The largest absolute Gasteiger partial charge is 0.480 e. The number of carbonyl (C=O) groups excluding carboxylic acids is 2. The molecule has 8 heteroatoms. The lowest BCUT2D eigenvalue weighted by Crippen LogP contribution is -2.54. The van der Waals surface area contributed by atoms with Crippen LogP contribution >= 0.6 is 0 Å². The first kappa shape index (κ1) is 24.8. The number of rotatable bonds is 13. The Kier molecular flexibility index (Phi) is 10.5. The molecule has 1 aliphatic heterocycles. The zero-order valence-corrected chi connectivity index (χ0v) is 18.3. The Balaban J connectivity index is 2.14. The van der Waals surface area contributed by atoms with Gasteiger partial charge in [0.05, 0.1) is 12.6 Å². The number of carboxylic acids is 1. The third-order valence-electron chi connectivity index (χ3n) is 5.60. The molecule has 0 spiro atoms. The predicted molar refractivity (Wildman–Crippen MR) is 117 cm³/mol. The van der Waals surface area contributed by atoms with E-state index in [1.165, 1.54) is 4.90 Å². The Bertz CT molecular complexity index is 712. The number of benzene rings is 1. The van der Waals surface area contributed by atoms with Gasteiger partial charge in [0.15, 0.2) is 0 Å². The molecule has 1 fully saturated rings. The van der Waals surface area contributed by atoms with Gasteiger partial charge < -0.3 is 20.5 Å². The van der Waals surface area contributed by atoms with Crippen LogP contribution in [0.2, 0.25) is 0 Å². The van der Waals surface area contributed by atoms with E-state index in [1.807, 2.05) is 30.3 Å². The van der Waals surface area contributed by atoms with E-state index in [0.717, 1.165) is 12.0 Å². The minimum Gasteiger partial charge on any atom is -0.480 e. The summed E-state index contributed by atoms with van der Waals surface area (Å²) in [6.45, 7) is 2.93. The summed E-state index contributed by atoms with van der Waals surface area (Å²) in [4.78, 5) is 38.9. The highest BCUT2D eigenvalue weighted by atomic mass is 16.5. The van der Waals surface area contributed by atoms with Crippen LogP contribution in [0.5, 0.6) is 0 Å². The van der Waals surface area contributed by atoms with E-state index >= 15 is 0 Å². The highest BCUT2D eigenvalue weighted by molar-refractivity contribution is 5.88. The Morgan fingerprint density at radius 1 is 1.19 bits per heavy atom. The fourth-order valence-corrected chi connectivity index (χ4v) is 3.97. The topological polar surface area (TPSA) is 122 Å². The second-order valence-electron chi connectivity index (χ2n) is 7.86. The zero-order valence-electron chi connectivity index (χ0n) is 18.3. The third kappa shape index (κ3) is 7.63. The van der Waals surface area contributed by atoms with Crippen molar-refractivity contribution in [3.05, 3.63) is 35.9 Å². The van der Waals surface area contributed by atoms with Crippen LogP contribution in [0.15, 0.2) is 30.3 Å². The number of amides is 1. The second kappa shape index (κ2) is 13.1. The molecule has 0 bridgehead atoms. The monoisotopic (exact) mass is 433 g/mol. The van der Waals surface area contributed by atoms with Gasteiger partial charge in [0, 0.05) is 6.54 Å². The second-order valence-corrected chi connectivity index (χ2v) is 7.86. The van der Waals surface area contributed by atoms with Crippen LogP contribution in [0.25, 0.3) is 0 Å². The van der Waals surface area contributed by atoms with Gasteiger partial charge in [-0.1, -0.05) is 36.8 Å². The maximum Gasteiger partial charge on any atom is 0.326 e. The molecule has 1 aromatic rings. The molecule has 1 aromatic carbocycles. The average molecular weight is 434 g/mol. The number of likely N-dealkylation sites (tertiary alicyclic amines) is 1. The molecule has 0 aromatic heterocycles. The molecule has 1 aliphatic rings. The number of aryl methyl sites for hydroxylation is 1. The van der Waals surface area contributed by atoms with Crippen molar-refractivity contribution < 1.29 is 24.2 Å². The molecule has 0 aliphatic carbocycles. The minimum absolute atomic E-state index is 0.251. The lowest BCUT2D eigenvalue weighted by molar-refractivity contribution is -0.150. The SMILES string of the molecule is CCOC(=O)C(CCc1ccccc1)N[C@@H](CCCCN)C(=O)N1CCC[C@H]1C(=O)O. The van der Waals surface area contributed by atoms with Gasteiger partial charge in [-0.05, 0) is 57.6 Å². The van der Waals surface area contributed by atoms with Crippen molar-refractivity contribution in [2.75, 3.05) is 19.7 Å². The first-order chi connectivity index (χ1) is 15.0. The quantitative estimate of drug-likeness (QED) is 0.320. The van der Waals surface area contributed by atoms with Gasteiger partial charge in [-0.25, -0.2) is 4.79 Å². The third-order valence-corrected chi connectivity index (χ3v) is 5.60. The number of hydrogen-bond acceptors (Lipinski definition) is 6. The normalized spacial score (nSPS) is 17.9. The molecule has 2 rings (SSSR count). The van der Waals surface area contributed by atoms with E-state index in [0.29, 0.717) is 51.6 Å². The smallest absolute Gasteiger partial charge is 0.326 e. The van der Waals surface area contributed by atoms with Crippen LogP contribution in [0.3, 0.4) is 0 Å². The summed E-state index contributed by atoms with van der Waals surface area (Å²) in [5.74, 6) is -1.65. The summed E-state index contributed by atoms with van der Waals surface area (Å²) in [5.41, 5.74) is 6.70. The van der Waals surface area contributed by atoms with E-state index < -0.39 is 30.1 Å². The highest BCUT2D eigenvalue weighted by Crippen LogP contribution is 2.20. The molecule has 0 radical (unpaired) electrons. The van der Waals surface area contributed by atoms with Crippen LogP contribution in [0.4, 0.5) is 0 Å². The molecule has 0 saturated carbocycles. The van der Waals surface area contributed by atoms with Crippen LogP contribution in [0, 0.1) is 0 Å². The van der Waals surface area contributed by atoms with Crippen LogP contribution in [-0.4, -0.2) is 65.7 Å². The summed E-state index contributed by atoms with van der Waals surface area (Å²) >= 11 is 0. The summed E-state index contributed by atoms with van der Waals surface area (Å²) < 4.78 is 5.24. The van der Waals surface area contributed by atoms with Gasteiger partial charge in [0.1, 0.15) is 12.1 Å². The fraction of sp³-hybridized carbons (Fsp3) is 0.609. The molecule has 1 unspecified atom stereocenters. The van der Waals surface area contributed by atoms with Crippen molar-refractivity contribution in [3.63, 3.8) is 0 Å². The van der Waals surface area contributed by atoms with Crippen LogP contribution in [0.1, 0.15) is 51.0 Å². The summed E-state index contributed by atoms with van der Waals surface area (Å²) in [7, 11) is 0. The fourth-order valence-electron chi connectivity index (χ4n) is 3.97. The van der Waals surface area contributed by atoms with Gasteiger partial charge in [0.25, 0.3) is 0 Å². The molecular formula is C23H35N3O5. The zero-order chi connectivity index (χ0) is 22.6. The number of carbonyl (C=O) groups is 3. The van der Waals surface area contributed by atoms with Gasteiger partial charge in [-0.2, -0.15) is 0 Å². The first-order valence-corrected chi connectivity index (χ1v) is 11.2. The van der Waals surface area contributed by atoms with Crippen molar-refractivity contribution in [3.8, 4) is 0 Å². The molecule has 4 N–H and O–H groups in total. The number of ether oxygens (including phenoxy) is 1. The van der Waals surface area contributed by atoms with Crippen molar-refractivity contribution in [2.45, 2.75) is 70.0 Å². The van der Waals surface area contributed by atoms with Gasteiger partial charge in [-0.3, -0.25) is 14.9 Å². The molecule has 31 heavy (non-hydrogen) atoms. The molecule has 1 amide bonds. The number of nitrogens with one attached hydrogen (secondary N) is 1. The number of nitrogens with zero attached hydrogens (tertiary/aromatic N) is 1. The summed E-state index contributed by atoms with van der Waals surface area (Å²) in [6, 6.07) is 7.69. The lowest BCUT2D eigenvalue weighted by Gasteiger charge is -2.30. The molecule has 1 saturated heterocycles. The van der Waals surface area contributed by atoms with Gasteiger partial charge >= 0.3 is 11.9 Å². The highest BCUT2D eigenvalue weighted by Gasteiger charge is 2.38. The number of carboxylic acid groups (broad SMARTS) is 1. The molecule has 8 nitrogen and oxygen atoms in total. The number of hydrogen-bond donors (Lipinski definition) is 3. The number of unbranched alkanes of at least 4 members (excludes halogenated alkanes) is 1. The van der Waals surface area contributed by atoms with Crippen LogP contribution < -0.4 is 11.1 Å². The van der Waals surface area contributed by atoms with Gasteiger partial charge in [0.2, 0.25) is 5.91 Å². The Morgan fingerprint density at radius 2 is 1.94 bits per heavy atom.